The van der Waals surface area contributed by atoms with Crippen molar-refractivity contribution >= 4 is 27.5 Å². The average Bonchev–Trinajstić information content (AvgIpc) is 2.74. The van der Waals surface area contributed by atoms with Crippen molar-refractivity contribution in [2.75, 3.05) is 56.0 Å². The van der Waals surface area contributed by atoms with E-state index >= 15 is 0 Å². The van der Waals surface area contributed by atoms with Crippen LogP contribution in [0.1, 0.15) is 11.1 Å². The summed E-state index contributed by atoms with van der Waals surface area (Å²) in [7, 11) is -0.845. The maximum absolute atomic E-state index is 13.1. The van der Waals surface area contributed by atoms with E-state index in [2.05, 4.69) is 17.0 Å². The molecule has 0 atom stereocenters. The van der Waals surface area contributed by atoms with Gasteiger partial charge in [0.1, 0.15) is 6.54 Å². The van der Waals surface area contributed by atoms with Gasteiger partial charge in [0.2, 0.25) is 5.91 Å². The van der Waals surface area contributed by atoms with Crippen LogP contribution in [-0.4, -0.2) is 70.3 Å². The van der Waals surface area contributed by atoms with Crippen molar-refractivity contribution in [1.29, 1.82) is 0 Å². The molecule has 7 nitrogen and oxygen atoms in total. The van der Waals surface area contributed by atoms with Gasteiger partial charge in [0.05, 0.1) is 5.69 Å². The van der Waals surface area contributed by atoms with Crippen LogP contribution in [0.2, 0.25) is 0 Å². The van der Waals surface area contributed by atoms with Crippen LogP contribution >= 0.6 is 0 Å². The molecule has 1 fully saturated rings. The first-order chi connectivity index (χ1) is 14.2. The normalized spacial score (nSPS) is 14.8. The molecular weight excluding hydrogens is 400 g/mol. The van der Waals surface area contributed by atoms with Crippen molar-refractivity contribution < 1.29 is 13.2 Å². The molecule has 0 aliphatic carbocycles. The molecule has 1 aliphatic heterocycles. The summed E-state index contributed by atoms with van der Waals surface area (Å²) in [5, 5.41) is 0. The Kier molecular flexibility index (Phi) is 6.67. The number of hydrogen-bond donors (Lipinski definition) is 0. The Morgan fingerprint density at radius 1 is 0.967 bits per heavy atom. The molecule has 0 aromatic heterocycles. The third-order valence-electron chi connectivity index (χ3n) is 5.41. The van der Waals surface area contributed by atoms with E-state index in [0.717, 1.165) is 34.2 Å². The Bertz CT molecular complexity index is 985. The number of carbonyl (C=O) groups excluding carboxylic acids is 1. The predicted molar refractivity (Wildman–Crippen MR) is 121 cm³/mol. The smallest absolute Gasteiger partial charge is 0.304 e. The molecule has 8 heteroatoms. The number of aryl methyl sites for hydroxylation is 2. The van der Waals surface area contributed by atoms with Gasteiger partial charge in [-0.15, -0.1) is 0 Å². The fourth-order valence-electron chi connectivity index (χ4n) is 3.55. The topological polar surface area (TPSA) is 64.2 Å². The third kappa shape index (κ3) is 4.76. The van der Waals surface area contributed by atoms with E-state index < -0.39 is 10.2 Å². The number of rotatable bonds is 6. The van der Waals surface area contributed by atoms with E-state index in [-0.39, 0.29) is 12.5 Å². The van der Waals surface area contributed by atoms with Gasteiger partial charge in [-0.1, -0.05) is 30.3 Å². The van der Waals surface area contributed by atoms with Crippen molar-refractivity contribution in [3.63, 3.8) is 0 Å². The summed E-state index contributed by atoms with van der Waals surface area (Å²) in [5.74, 6) is -0.186. The lowest BCUT2D eigenvalue weighted by Gasteiger charge is -2.37. The highest BCUT2D eigenvalue weighted by molar-refractivity contribution is 7.90. The fourth-order valence-corrected chi connectivity index (χ4v) is 4.67. The minimum Gasteiger partial charge on any atom is -0.368 e. The molecule has 162 valence electrons. The lowest BCUT2D eigenvalue weighted by Crippen LogP contribution is -2.53. The minimum atomic E-state index is -3.81. The second-order valence-electron chi connectivity index (χ2n) is 7.79. The molecule has 0 N–H and O–H groups in total. The van der Waals surface area contributed by atoms with Crippen LogP contribution in [0.3, 0.4) is 0 Å². The molecule has 0 bridgehead atoms. The highest BCUT2D eigenvalue weighted by atomic mass is 32.2. The van der Waals surface area contributed by atoms with Crippen LogP contribution in [0, 0.1) is 13.8 Å². The Labute approximate surface area is 179 Å². The average molecular weight is 431 g/mol. The number of para-hydroxylation sites is 1. The Morgan fingerprint density at radius 2 is 1.60 bits per heavy atom. The lowest BCUT2D eigenvalue weighted by atomic mass is 10.1. The quantitative estimate of drug-likeness (QED) is 0.705. The summed E-state index contributed by atoms with van der Waals surface area (Å²) in [4.78, 5) is 17.1. The van der Waals surface area contributed by atoms with E-state index in [1.54, 1.807) is 4.90 Å². The zero-order valence-electron chi connectivity index (χ0n) is 18.1. The monoisotopic (exact) mass is 430 g/mol. The zero-order valence-corrected chi connectivity index (χ0v) is 18.9. The molecule has 0 saturated carbocycles. The molecule has 2 aromatic rings. The van der Waals surface area contributed by atoms with Crippen molar-refractivity contribution in [3.8, 4) is 0 Å². The molecular formula is C22H30N4O3S. The first kappa shape index (κ1) is 22.1. The van der Waals surface area contributed by atoms with Crippen LogP contribution in [0.4, 0.5) is 11.4 Å². The predicted octanol–water partition coefficient (Wildman–Crippen LogP) is 2.27. The molecule has 30 heavy (non-hydrogen) atoms. The number of benzene rings is 2. The van der Waals surface area contributed by atoms with E-state index in [1.807, 2.05) is 50.2 Å². The number of anilines is 2. The molecule has 2 aromatic carbocycles. The second-order valence-corrected chi connectivity index (χ2v) is 9.86. The zero-order chi connectivity index (χ0) is 21.9. The van der Waals surface area contributed by atoms with E-state index in [0.29, 0.717) is 18.8 Å². The van der Waals surface area contributed by atoms with Gasteiger partial charge in [-0.3, -0.25) is 4.79 Å². The van der Waals surface area contributed by atoms with Crippen molar-refractivity contribution in [2.45, 2.75) is 13.8 Å². The number of nitrogens with zero attached hydrogens (tertiary/aromatic N) is 4. The van der Waals surface area contributed by atoms with Gasteiger partial charge in [0, 0.05) is 46.0 Å². The second kappa shape index (κ2) is 9.06. The number of piperazine rings is 1. The number of carbonyl (C=O) groups is 1. The fraction of sp³-hybridized carbons (Fsp3) is 0.409. The van der Waals surface area contributed by atoms with Gasteiger partial charge in [0.15, 0.2) is 0 Å². The summed E-state index contributed by atoms with van der Waals surface area (Å²) in [6.07, 6.45) is 0. The molecule has 1 saturated heterocycles. The highest BCUT2D eigenvalue weighted by Crippen LogP contribution is 2.25. The molecule has 1 heterocycles. The van der Waals surface area contributed by atoms with E-state index in [1.165, 1.54) is 18.4 Å². The van der Waals surface area contributed by atoms with Crippen molar-refractivity contribution in [3.05, 3.63) is 59.7 Å². The molecule has 3 rings (SSSR count). The van der Waals surface area contributed by atoms with Gasteiger partial charge in [-0.2, -0.15) is 12.7 Å². The SMILES string of the molecule is Cc1ccc(C)c(N(CC(=O)N2CCN(c3ccccc3)CC2)S(=O)(=O)N(C)C)c1. The van der Waals surface area contributed by atoms with E-state index in [4.69, 9.17) is 0 Å². The molecule has 0 radical (unpaired) electrons. The standard InChI is InChI=1S/C22H30N4O3S/c1-18-10-11-19(2)21(16-18)26(30(28,29)23(3)4)17-22(27)25-14-12-24(13-15-25)20-8-6-5-7-9-20/h5-11,16H,12-15,17H2,1-4H3. The summed E-state index contributed by atoms with van der Waals surface area (Å²) >= 11 is 0. The maximum Gasteiger partial charge on any atom is 0.304 e. The van der Waals surface area contributed by atoms with Crippen LogP contribution in [0.25, 0.3) is 0 Å². The number of hydrogen-bond acceptors (Lipinski definition) is 4. The highest BCUT2D eigenvalue weighted by Gasteiger charge is 2.31. The third-order valence-corrected chi connectivity index (χ3v) is 7.21. The first-order valence-electron chi connectivity index (χ1n) is 10.1. The van der Waals surface area contributed by atoms with E-state index in [9.17, 15) is 13.2 Å². The van der Waals surface area contributed by atoms with Gasteiger partial charge in [-0.05, 0) is 43.2 Å². The Balaban J connectivity index is 1.77. The molecule has 0 spiro atoms. The van der Waals surface area contributed by atoms with Gasteiger partial charge < -0.3 is 9.80 Å². The largest absolute Gasteiger partial charge is 0.368 e. The molecule has 1 amide bonds. The summed E-state index contributed by atoms with van der Waals surface area (Å²) < 4.78 is 28.4. The summed E-state index contributed by atoms with van der Waals surface area (Å²) in [6.45, 7) is 6.13. The molecule has 1 aliphatic rings. The van der Waals surface area contributed by atoms with Gasteiger partial charge in [-0.25, -0.2) is 4.31 Å². The van der Waals surface area contributed by atoms with Crippen LogP contribution in [0.15, 0.2) is 48.5 Å². The van der Waals surface area contributed by atoms with Gasteiger partial charge >= 0.3 is 10.2 Å². The van der Waals surface area contributed by atoms with Crippen LogP contribution < -0.4 is 9.21 Å². The van der Waals surface area contributed by atoms with Crippen molar-refractivity contribution in [1.82, 2.24) is 9.21 Å². The Morgan fingerprint density at radius 3 is 2.20 bits per heavy atom. The number of amides is 1. The summed E-state index contributed by atoms with van der Waals surface area (Å²) in [6, 6.07) is 15.7. The lowest BCUT2D eigenvalue weighted by molar-refractivity contribution is -0.129. The summed E-state index contributed by atoms with van der Waals surface area (Å²) in [5.41, 5.74) is 3.43. The van der Waals surface area contributed by atoms with Gasteiger partial charge in [0.25, 0.3) is 0 Å². The van der Waals surface area contributed by atoms with Crippen LogP contribution in [0.5, 0.6) is 0 Å². The first-order valence-corrected chi connectivity index (χ1v) is 11.4. The minimum absolute atomic E-state index is 0.186. The van der Waals surface area contributed by atoms with Crippen molar-refractivity contribution in [2.24, 2.45) is 0 Å². The van der Waals surface area contributed by atoms with Crippen LogP contribution in [-0.2, 0) is 15.0 Å². The molecule has 0 unspecified atom stereocenters. The Hall–Kier alpha value is -2.58. The maximum atomic E-state index is 13.1.